The van der Waals surface area contributed by atoms with Crippen LogP contribution in [0.2, 0.25) is 0 Å². The molecule has 1 fully saturated rings. The number of hydrogen-bond donors (Lipinski definition) is 2. The third-order valence-electron chi connectivity index (χ3n) is 4.48. The third kappa shape index (κ3) is 5.15. The summed E-state index contributed by atoms with van der Waals surface area (Å²) in [6.45, 7) is 2.08. The Balaban J connectivity index is 1.48. The van der Waals surface area contributed by atoms with Gasteiger partial charge in [0.25, 0.3) is 0 Å². The molecule has 1 atom stereocenters. The predicted molar refractivity (Wildman–Crippen MR) is 107 cm³/mol. The SMILES string of the molecule is CN=C(NCCc1ccc(F)c(Br)c1)NC1CCN(c2ncccc2F)C1. The first kappa shape index (κ1) is 19.5. The average Bonchev–Trinajstić information content (AvgIpc) is 3.12. The highest BCUT2D eigenvalue weighted by Crippen LogP contribution is 2.20. The normalized spacial score (nSPS) is 17.3. The quantitative estimate of drug-likeness (QED) is 0.557. The Kier molecular flexibility index (Phi) is 6.60. The number of nitrogens with zero attached hydrogens (tertiary/aromatic N) is 3. The molecule has 8 heteroatoms. The van der Waals surface area contributed by atoms with Crippen LogP contribution in [-0.2, 0) is 6.42 Å². The minimum absolute atomic E-state index is 0.164. The minimum Gasteiger partial charge on any atom is -0.356 e. The summed E-state index contributed by atoms with van der Waals surface area (Å²) in [7, 11) is 1.72. The van der Waals surface area contributed by atoms with Crippen LogP contribution >= 0.6 is 15.9 Å². The summed E-state index contributed by atoms with van der Waals surface area (Å²) < 4.78 is 27.6. The maximum atomic E-state index is 13.9. The second-order valence-corrected chi connectivity index (χ2v) is 7.24. The lowest BCUT2D eigenvalue weighted by Crippen LogP contribution is -2.45. The lowest BCUT2D eigenvalue weighted by Gasteiger charge is -2.20. The molecule has 0 spiro atoms. The summed E-state index contributed by atoms with van der Waals surface area (Å²) in [6, 6.07) is 8.19. The number of halogens is 3. The number of hydrogen-bond acceptors (Lipinski definition) is 3. The van der Waals surface area contributed by atoms with Gasteiger partial charge < -0.3 is 15.5 Å². The van der Waals surface area contributed by atoms with Gasteiger partial charge >= 0.3 is 0 Å². The second-order valence-electron chi connectivity index (χ2n) is 6.38. The van der Waals surface area contributed by atoms with E-state index in [2.05, 4.69) is 36.5 Å². The lowest BCUT2D eigenvalue weighted by atomic mass is 10.1. The minimum atomic E-state index is -0.300. The van der Waals surface area contributed by atoms with Crippen LogP contribution in [-0.4, -0.2) is 43.7 Å². The van der Waals surface area contributed by atoms with E-state index in [9.17, 15) is 8.78 Å². The maximum Gasteiger partial charge on any atom is 0.191 e. The summed E-state index contributed by atoms with van der Waals surface area (Å²) in [4.78, 5) is 10.3. The van der Waals surface area contributed by atoms with Gasteiger partial charge in [-0.2, -0.15) is 0 Å². The number of nitrogens with one attached hydrogen (secondary N) is 2. The molecule has 5 nitrogen and oxygen atoms in total. The fourth-order valence-electron chi connectivity index (χ4n) is 3.09. The highest BCUT2D eigenvalue weighted by molar-refractivity contribution is 9.10. The Hall–Kier alpha value is -2.22. The van der Waals surface area contributed by atoms with E-state index < -0.39 is 0 Å². The van der Waals surface area contributed by atoms with Crippen molar-refractivity contribution in [3.8, 4) is 0 Å². The average molecular weight is 438 g/mol. The van der Waals surface area contributed by atoms with Crippen molar-refractivity contribution in [2.45, 2.75) is 18.9 Å². The van der Waals surface area contributed by atoms with Gasteiger partial charge in [0.2, 0.25) is 0 Å². The molecule has 3 rings (SSSR count). The standard InChI is InChI=1S/C19H22BrF2N5/c1-23-19(25-9-6-13-4-5-16(21)15(20)11-13)26-14-7-10-27(12-14)18-17(22)3-2-8-24-18/h2-5,8,11,14H,6-7,9-10,12H2,1H3,(H2,23,25,26). The highest BCUT2D eigenvalue weighted by Gasteiger charge is 2.25. The van der Waals surface area contributed by atoms with Crippen molar-refractivity contribution in [2.24, 2.45) is 4.99 Å². The van der Waals surface area contributed by atoms with Crippen molar-refractivity contribution in [1.82, 2.24) is 15.6 Å². The van der Waals surface area contributed by atoms with Crippen LogP contribution < -0.4 is 15.5 Å². The van der Waals surface area contributed by atoms with E-state index in [1.807, 2.05) is 4.90 Å². The summed E-state index contributed by atoms with van der Waals surface area (Å²) in [5.74, 6) is 0.529. The molecule has 2 heterocycles. The van der Waals surface area contributed by atoms with Crippen molar-refractivity contribution >= 4 is 27.7 Å². The summed E-state index contributed by atoms with van der Waals surface area (Å²) in [5.41, 5.74) is 1.03. The molecule has 1 unspecified atom stereocenters. The molecule has 27 heavy (non-hydrogen) atoms. The van der Waals surface area contributed by atoms with Crippen LogP contribution in [0.5, 0.6) is 0 Å². The summed E-state index contributed by atoms with van der Waals surface area (Å²) in [5, 5.41) is 6.64. The van der Waals surface area contributed by atoms with Crippen molar-refractivity contribution in [2.75, 3.05) is 31.6 Å². The molecule has 0 saturated carbocycles. The Labute approximate surface area is 166 Å². The van der Waals surface area contributed by atoms with Crippen LogP contribution in [0.3, 0.4) is 0 Å². The molecule has 1 aromatic heterocycles. The second kappa shape index (κ2) is 9.12. The molecule has 0 amide bonds. The Morgan fingerprint density at radius 1 is 1.33 bits per heavy atom. The van der Waals surface area contributed by atoms with Crippen LogP contribution in [0.1, 0.15) is 12.0 Å². The molecule has 0 aliphatic carbocycles. The molecular formula is C19H22BrF2N5. The zero-order chi connectivity index (χ0) is 19.2. The number of anilines is 1. The number of benzene rings is 1. The van der Waals surface area contributed by atoms with Crippen LogP contribution in [0.15, 0.2) is 46.0 Å². The molecule has 0 radical (unpaired) electrons. The van der Waals surface area contributed by atoms with Gasteiger partial charge in [0, 0.05) is 38.9 Å². The van der Waals surface area contributed by atoms with Crippen molar-refractivity contribution in [1.29, 1.82) is 0 Å². The van der Waals surface area contributed by atoms with E-state index in [1.54, 1.807) is 31.4 Å². The number of guanidine groups is 1. The van der Waals surface area contributed by atoms with E-state index in [4.69, 9.17) is 0 Å². The Morgan fingerprint density at radius 3 is 2.93 bits per heavy atom. The molecule has 1 aliphatic rings. The van der Waals surface area contributed by atoms with E-state index in [0.717, 1.165) is 24.9 Å². The first-order valence-corrected chi connectivity index (χ1v) is 9.62. The van der Waals surface area contributed by atoms with Gasteiger partial charge in [0.05, 0.1) is 4.47 Å². The molecule has 0 bridgehead atoms. The van der Waals surface area contributed by atoms with Gasteiger partial charge in [-0.25, -0.2) is 13.8 Å². The summed E-state index contributed by atoms with van der Waals surface area (Å²) >= 11 is 3.20. The first-order chi connectivity index (χ1) is 13.1. The molecule has 144 valence electrons. The fourth-order valence-corrected chi connectivity index (χ4v) is 3.52. The number of aliphatic imine (C=N–C) groups is 1. The third-order valence-corrected chi connectivity index (χ3v) is 5.09. The van der Waals surface area contributed by atoms with Gasteiger partial charge in [-0.3, -0.25) is 4.99 Å². The van der Waals surface area contributed by atoms with Gasteiger partial charge in [0.15, 0.2) is 17.6 Å². The molecule has 2 aromatic rings. The molecule has 2 N–H and O–H groups in total. The van der Waals surface area contributed by atoms with Gasteiger partial charge in [-0.15, -0.1) is 0 Å². The molecular weight excluding hydrogens is 416 g/mol. The van der Waals surface area contributed by atoms with E-state index in [1.165, 1.54) is 12.1 Å². The van der Waals surface area contributed by atoms with Crippen molar-refractivity contribution < 1.29 is 8.78 Å². The van der Waals surface area contributed by atoms with Crippen molar-refractivity contribution in [3.05, 3.63) is 58.2 Å². The largest absolute Gasteiger partial charge is 0.356 e. The molecule has 1 aliphatic heterocycles. The van der Waals surface area contributed by atoms with Crippen molar-refractivity contribution in [3.63, 3.8) is 0 Å². The maximum absolute atomic E-state index is 13.9. The van der Waals surface area contributed by atoms with Gasteiger partial charge in [0.1, 0.15) is 5.82 Å². The molecule has 1 saturated heterocycles. The Bertz CT molecular complexity index is 814. The summed E-state index contributed by atoms with van der Waals surface area (Å²) in [6.07, 6.45) is 3.23. The highest BCUT2D eigenvalue weighted by atomic mass is 79.9. The number of pyridine rings is 1. The van der Waals surface area contributed by atoms with Gasteiger partial charge in [-0.1, -0.05) is 6.07 Å². The fraction of sp³-hybridized carbons (Fsp3) is 0.368. The zero-order valence-corrected chi connectivity index (χ0v) is 16.6. The molecule has 1 aromatic carbocycles. The van der Waals surface area contributed by atoms with Crippen LogP contribution in [0.25, 0.3) is 0 Å². The number of rotatable bonds is 5. The van der Waals surface area contributed by atoms with E-state index in [-0.39, 0.29) is 17.7 Å². The van der Waals surface area contributed by atoms with Gasteiger partial charge in [-0.05, 0) is 58.6 Å². The smallest absolute Gasteiger partial charge is 0.191 e. The number of aromatic nitrogens is 1. The predicted octanol–water partition coefficient (Wildman–Crippen LogP) is 3.11. The van der Waals surface area contributed by atoms with E-state index in [0.29, 0.717) is 29.3 Å². The monoisotopic (exact) mass is 437 g/mol. The lowest BCUT2D eigenvalue weighted by molar-refractivity contribution is 0.612. The van der Waals surface area contributed by atoms with Crippen LogP contribution in [0.4, 0.5) is 14.6 Å². The first-order valence-electron chi connectivity index (χ1n) is 8.83. The Morgan fingerprint density at radius 2 is 2.19 bits per heavy atom. The van der Waals surface area contributed by atoms with E-state index >= 15 is 0 Å². The van der Waals surface area contributed by atoms with Crippen LogP contribution in [0, 0.1) is 11.6 Å². The zero-order valence-electron chi connectivity index (χ0n) is 15.1. The topological polar surface area (TPSA) is 52.6 Å².